The fraction of sp³-hybridized carbons (Fsp3) is 0.769. The maximum Gasteiger partial charge on any atom is 0.303 e. The van der Waals surface area contributed by atoms with Gasteiger partial charge in [0.15, 0.2) is 42.9 Å². The Hall–Kier alpha value is -6.80. The van der Waals surface area contributed by atoms with Gasteiger partial charge < -0.3 is 88.0 Å². The fourth-order valence-corrected chi connectivity index (χ4v) is 9.13. The molecule has 3 aliphatic heterocycles. The molecule has 0 bridgehead atoms. The van der Waals surface area contributed by atoms with Gasteiger partial charge in [-0.15, -0.1) is 0 Å². The molecular formula is C52H83N7O28. The molecule has 35 nitrogen and oxygen atoms in total. The molecule has 0 aromatic rings. The van der Waals surface area contributed by atoms with Gasteiger partial charge >= 0.3 is 53.7 Å². The number of hydrogen-bond acceptors (Lipinski definition) is 32. The Labute approximate surface area is 501 Å². The van der Waals surface area contributed by atoms with Crippen molar-refractivity contribution in [1.29, 1.82) is 0 Å². The maximum absolute atomic E-state index is 12.7. The summed E-state index contributed by atoms with van der Waals surface area (Å²) in [6.45, 7) is 12.9. The van der Waals surface area contributed by atoms with Crippen molar-refractivity contribution in [3.63, 3.8) is 0 Å². The van der Waals surface area contributed by atoms with Crippen LogP contribution in [0.4, 0.5) is 0 Å². The van der Waals surface area contributed by atoms with Gasteiger partial charge in [-0.1, -0.05) is 0 Å². The summed E-state index contributed by atoms with van der Waals surface area (Å²) in [4.78, 5) is 159. The molecule has 87 heavy (non-hydrogen) atoms. The Morgan fingerprint density at radius 1 is 0.414 bits per heavy atom. The molecule has 3 heterocycles. The molecule has 3 aliphatic rings. The summed E-state index contributed by atoms with van der Waals surface area (Å²) in [7, 11) is 0. The second kappa shape index (κ2) is 37.8. The van der Waals surface area contributed by atoms with E-state index in [0.29, 0.717) is 25.9 Å². The minimum atomic E-state index is -1.76. The third kappa shape index (κ3) is 27.4. The van der Waals surface area contributed by atoms with E-state index in [2.05, 4.69) is 32.1 Å². The van der Waals surface area contributed by atoms with E-state index in [1.54, 1.807) is 0 Å². The average molecular weight is 1250 g/mol. The van der Waals surface area contributed by atoms with Gasteiger partial charge in [-0.25, -0.2) is 0 Å². The second-order valence-electron chi connectivity index (χ2n) is 20.0. The molecule has 0 aromatic heterocycles. The van der Waals surface area contributed by atoms with Gasteiger partial charge in [0.2, 0.25) is 36.7 Å². The highest BCUT2D eigenvalue weighted by molar-refractivity contribution is 5.75. The average Bonchev–Trinajstić information content (AvgIpc) is 2.19. The molecule has 0 radical (unpaired) electrons. The molecule has 16 atom stereocenters. The maximum atomic E-state index is 12.7. The van der Waals surface area contributed by atoms with E-state index in [0.717, 1.165) is 69.2 Å². The van der Waals surface area contributed by atoms with E-state index in [4.69, 9.17) is 71.3 Å². The second-order valence-corrected chi connectivity index (χ2v) is 20.0. The molecule has 3 amide bonds. The topological polar surface area (TPSA) is 439 Å². The Morgan fingerprint density at radius 2 is 0.747 bits per heavy atom. The normalized spacial score (nSPS) is 27.2. The summed E-state index contributed by atoms with van der Waals surface area (Å²) in [6, 6.07) is -3.98. The van der Waals surface area contributed by atoms with Crippen molar-refractivity contribution in [2.75, 3.05) is 59.1 Å². The number of ether oxygens (including phenoxy) is 13. The van der Waals surface area contributed by atoms with Crippen LogP contribution in [0.3, 0.4) is 0 Å². The van der Waals surface area contributed by atoms with Crippen molar-refractivity contribution in [3.05, 3.63) is 0 Å². The van der Waals surface area contributed by atoms with Gasteiger partial charge in [-0.05, 0) is 32.4 Å². The summed E-state index contributed by atoms with van der Waals surface area (Å²) < 4.78 is 72.4. The van der Waals surface area contributed by atoms with Gasteiger partial charge in [-0.3, -0.25) is 72.5 Å². The lowest BCUT2D eigenvalue weighted by molar-refractivity contribution is -0.342. The number of hydrogen-bond donors (Lipinski definition) is 7. The van der Waals surface area contributed by atoms with Gasteiger partial charge in [0.05, 0.1) is 0 Å². The first-order valence-electron chi connectivity index (χ1n) is 27.7. The van der Waals surface area contributed by atoms with Crippen molar-refractivity contribution >= 4 is 71.4 Å². The van der Waals surface area contributed by atoms with Gasteiger partial charge in [-0.2, -0.15) is 10.5 Å². The van der Waals surface area contributed by atoms with Gasteiger partial charge in [0.25, 0.3) is 0 Å². The summed E-state index contributed by atoms with van der Waals surface area (Å²) >= 11 is 0. The van der Waals surface area contributed by atoms with Crippen molar-refractivity contribution < 1.29 is 134 Å². The largest absolute Gasteiger partial charge is 0.463 e. The van der Waals surface area contributed by atoms with E-state index in [1.807, 2.05) is 0 Å². The van der Waals surface area contributed by atoms with E-state index in [1.165, 1.54) is 18.9 Å². The van der Waals surface area contributed by atoms with Crippen LogP contribution in [0.1, 0.15) is 102 Å². The fourth-order valence-electron chi connectivity index (χ4n) is 9.13. The van der Waals surface area contributed by atoms with Crippen molar-refractivity contribution in [2.45, 2.75) is 201 Å². The van der Waals surface area contributed by atoms with Crippen molar-refractivity contribution in [1.82, 2.24) is 37.1 Å². The van der Waals surface area contributed by atoms with Crippen molar-refractivity contribution in [3.8, 4) is 0 Å². The number of rotatable bonds is 34. The zero-order valence-electron chi connectivity index (χ0n) is 50.6. The zero-order valence-corrected chi connectivity index (χ0v) is 50.6. The lowest BCUT2D eigenvalue weighted by Crippen LogP contribution is -2.67. The number of nitrogens with one attached hydrogen (secondary N) is 6. The van der Waals surface area contributed by atoms with Crippen LogP contribution in [0.15, 0.2) is 0 Å². The Morgan fingerprint density at radius 3 is 1.13 bits per heavy atom. The number of aliphatic hydroxyl groups excluding tert-OH is 1. The predicted molar refractivity (Wildman–Crippen MR) is 286 cm³/mol. The third-order valence-corrected chi connectivity index (χ3v) is 12.2. The number of carbonyl (C=O) groups is 12. The lowest BCUT2D eigenvalue weighted by Gasteiger charge is -2.45. The van der Waals surface area contributed by atoms with Crippen LogP contribution in [0.25, 0.3) is 0 Å². The van der Waals surface area contributed by atoms with Crippen LogP contribution in [0.5, 0.6) is 0 Å². The summed E-state index contributed by atoms with van der Waals surface area (Å²) in [5.74, 6) is -8.94. The third-order valence-electron chi connectivity index (χ3n) is 12.2. The van der Waals surface area contributed by atoms with E-state index < -0.39 is 190 Å². The van der Waals surface area contributed by atoms with Crippen LogP contribution < -0.4 is 32.1 Å². The number of carbonyl (C=O) groups excluding carboxylic acids is 12. The minimum Gasteiger partial charge on any atom is -0.463 e. The smallest absolute Gasteiger partial charge is 0.303 e. The monoisotopic (exact) mass is 1250 g/mol. The lowest BCUT2D eigenvalue weighted by atomic mass is 9.96. The Kier molecular flexibility index (Phi) is 32.3. The first kappa shape index (κ1) is 74.5. The molecule has 3 saturated heterocycles. The quantitative estimate of drug-likeness (QED) is 0.0107. The molecule has 10 unspecified atom stereocenters. The first-order valence-corrected chi connectivity index (χ1v) is 27.7. The van der Waals surface area contributed by atoms with Crippen LogP contribution in [0.2, 0.25) is 0 Å². The standard InChI is InChI=1S/C52H83N7O28/c1-25(60)56-40-46(79-34(10)69)43(76-31(7)66)37(22-73-28(4)63)82-49(40)85-52(72)54-18-13-16-53-17-14-20-59(87-51-42(58-27(3)62)48(81-36(12)71)45(78-33(9)68)39(84-51)24-75-30(6)65)21-15-19-55-86-50-41(57-26(2)61)47(80-35(11)70)44(77-32(8)67)38(83-50)23-74-29(5)64/h37-55,72H,13-24H2,1-12H3,(H,56,60)(H,57,61)(H,58,62)/t37?,38?,39?,40?,41?,42?,43-,44-,45-,46?,47?,48?,49-,50-,51-,52?/m0/s1. The number of hydroxylamine groups is 3. The minimum absolute atomic E-state index is 0.00886. The molecule has 7 N–H and O–H groups in total. The summed E-state index contributed by atoms with van der Waals surface area (Å²) in [5, 5.41) is 26.2. The number of esters is 9. The zero-order chi connectivity index (χ0) is 65.1. The summed E-state index contributed by atoms with van der Waals surface area (Å²) in [6.07, 6.45) is -17.7. The molecule has 0 spiro atoms. The van der Waals surface area contributed by atoms with Gasteiger partial charge in [0, 0.05) is 109 Å². The molecule has 494 valence electrons. The number of nitrogens with zero attached hydrogens (tertiary/aromatic N) is 1. The number of aliphatic hydroxyl groups is 1. The highest BCUT2D eigenvalue weighted by atomic mass is 16.8. The Balaban J connectivity index is 1.82. The van der Waals surface area contributed by atoms with E-state index in [-0.39, 0.29) is 32.6 Å². The number of amides is 3. The molecule has 0 aromatic carbocycles. The highest BCUT2D eigenvalue weighted by Crippen LogP contribution is 2.31. The Bertz CT molecular complexity index is 2330. The SMILES string of the molecule is CC(=O)NC1C(OC(C)=O)[C@@H](OC(C)=O)C(COC(C)=O)O[C@H]1ONCCCN(CCCNCCCNC(O)O[C@@H]1OC(COC(C)=O)[C@H](OC(C)=O)C(OC(C)=O)C1NC(C)=O)O[C@@H]1OC(COC(C)=O)[C@H](OC(C)=O)C(OC(C)=O)C1NC(C)=O. The van der Waals surface area contributed by atoms with Gasteiger partial charge in [0.1, 0.15) is 56.3 Å². The summed E-state index contributed by atoms with van der Waals surface area (Å²) in [5.41, 5.74) is 2.74. The predicted octanol–water partition coefficient (Wildman–Crippen LogP) is -3.65. The molecule has 35 heteroatoms. The van der Waals surface area contributed by atoms with Crippen LogP contribution in [-0.2, 0) is 129 Å². The molecule has 3 rings (SSSR count). The molecule has 0 saturated carbocycles. The highest BCUT2D eigenvalue weighted by Gasteiger charge is 2.55. The van der Waals surface area contributed by atoms with E-state index in [9.17, 15) is 62.6 Å². The van der Waals surface area contributed by atoms with Crippen LogP contribution in [-0.4, -0.2) is 239 Å². The van der Waals surface area contributed by atoms with Crippen molar-refractivity contribution in [2.24, 2.45) is 0 Å². The molecule has 0 aliphatic carbocycles. The van der Waals surface area contributed by atoms with Crippen LogP contribution in [0, 0.1) is 0 Å². The molecular weight excluding hydrogens is 1170 g/mol. The first-order chi connectivity index (χ1) is 40.9. The van der Waals surface area contributed by atoms with E-state index >= 15 is 0 Å². The molecule has 3 fully saturated rings. The van der Waals surface area contributed by atoms with Crippen LogP contribution >= 0.6 is 0 Å².